The average molecular weight is 707 g/mol. The van der Waals surface area contributed by atoms with E-state index in [-0.39, 0.29) is 41.6 Å². The summed E-state index contributed by atoms with van der Waals surface area (Å²) in [6, 6.07) is 4.64. The third kappa shape index (κ3) is 6.22. The fourth-order valence-electron chi connectivity index (χ4n) is 7.46. The first-order chi connectivity index (χ1) is 23.4. The molecule has 0 bridgehead atoms. The van der Waals surface area contributed by atoms with Crippen LogP contribution in [0.25, 0.3) is 22.3 Å². The van der Waals surface area contributed by atoms with Gasteiger partial charge in [0.05, 0.1) is 36.2 Å². The first kappa shape index (κ1) is 33.3. The molecule has 4 aromatic heterocycles. The van der Waals surface area contributed by atoms with Gasteiger partial charge < -0.3 is 23.4 Å². The van der Waals surface area contributed by atoms with E-state index < -0.39 is 8.32 Å². The molecule has 0 aromatic carbocycles. The van der Waals surface area contributed by atoms with Crippen LogP contribution in [0.1, 0.15) is 75.6 Å². The summed E-state index contributed by atoms with van der Waals surface area (Å²) in [5.74, 6) is 0.229. The number of ether oxygens (including phenoxy) is 4. The highest BCUT2D eigenvalue weighted by Gasteiger charge is 2.52. The summed E-state index contributed by atoms with van der Waals surface area (Å²) in [5, 5.41) is 5.02. The minimum absolute atomic E-state index is 0.0963. The molecule has 0 spiro atoms. The van der Waals surface area contributed by atoms with Gasteiger partial charge in [-0.05, 0) is 74.4 Å². The Kier molecular flexibility index (Phi) is 8.64. The fourth-order valence-corrected chi connectivity index (χ4v) is 9.00. The van der Waals surface area contributed by atoms with Crippen molar-refractivity contribution >= 4 is 31.1 Å². The molecule has 0 radical (unpaired) electrons. The number of halogens is 1. The summed E-state index contributed by atoms with van der Waals surface area (Å²) in [4.78, 5) is 15.1. The SMILES string of the molecule is Cn1cc(-c2cnc3c(c2)CCC3Cc2nc3c(cc2Cl)nc(O[C@@H]2CO[C@H]4[C@@H]2OC[C@H]4O[Si](C)(C)C(C)(C)C)n3C2CCCCO2)cn1. The van der Waals surface area contributed by atoms with Crippen molar-refractivity contribution in [1.82, 2.24) is 29.3 Å². The molecule has 11 nitrogen and oxygen atoms in total. The summed E-state index contributed by atoms with van der Waals surface area (Å²) in [5.41, 5.74) is 6.82. The van der Waals surface area contributed by atoms with Gasteiger partial charge in [0.1, 0.15) is 24.0 Å². The molecule has 4 aromatic rings. The van der Waals surface area contributed by atoms with Crippen molar-refractivity contribution in [1.29, 1.82) is 0 Å². The van der Waals surface area contributed by atoms with Crippen LogP contribution in [-0.4, -0.2) is 81.9 Å². The zero-order valence-corrected chi connectivity index (χ0v) is 31.1. The highest BCUT2D eigenvalue weighted by Crippen LogP contribution is 2.42. The van der Waals surface area contributed by atoms with Crippen molar-refractivity contribution in [3.63, 3.8) is 0 Å². The maximum atomic E-state index is 6.94. The first-order valence-electron chi connectivity index (χ1n) is 17.7. The number of aryl methyl sites for hydroxylation is 2. The number of nitrogens with zero attached hydrogens (tertiary/aromatic N) is 6. The Balaban J connectivity index is 1.05. The Morgan fingerprint density at radius 1 is 0.980 bits per heavy atom. The molecular formula is C36H47ClN6O5Si. The Morgan fingerprint density at radius 2 is 1.78 bits per heavy atom. The molecule has 3 aliphatic heterocycles. The summed E-state index contributed by atoms with van der Waals surface area (Å²) in [6.45, 7) is 12.9. The van der Waals surface area contributed by atoms with Gasteiger partial charge in [-0.1, -0.05) is 32.4 Å². The minimum atomic E-state index is -2.00. The highest BCUT2D eigenvalue weighted by atomic mass is 35.5. The third-order valence-electron chi connectivity index (χ3n) is 11.2. The lowest BCUT2D eigenvalue weighted by Crippen LogP contribution is -2.47. The molecule has 49 heavy (non-hydrogen) atoms. The standard InChI is InChI=1S/C36H47ClN6O5Si/c1-36(2,3)49(5,6)48-29-20-46-32-28(19-45-33(29)32)47-35-41-27-15-25(37)26(40-34(27)43(35)30-9-7-8-12-44-30)14-22-11-10-21-13-23(16-38-31(21)22)24-17-39-42(4)18-24/h13,15-18,22,28-30,32-33H,7-12,14,19-20H2,1-6H3/t22?,28-,29-,30?,32-,33-/m1/s1. The molecule has 0 N–H and O–H groups in total. The van der Waals surface area contributed by atoms with Crippen LogP contribution >= 0.6 is 11.6 Å². The maximum absolute atomic E-state index is 6.94. The normalized spacial score (nSPS) is 27.2. The zero-order valence-electron chi connectivity index (χ0n) is 29.3. The van der Waals surface area contributed by atoms with E-state index in [2.05, 4.69) is 45.0 Å². The summed E-state index contributed by atoms with van der Waals surface area (Å²) in [6.07, 6.45) is 10.4. The Hall–Kier alpha value is -2.87. The van der Waals surface area contributed by atoms with E-state index >= 15 is 0 Å². The minimum Gasteiger partial charge on any atom is -0.456 e. The van der Waals surface area contributed by atoms with Crippen LogP contribution in [0, 0.1) is 0 Å². The predicted molar refractivity (Wildman–Crippen MR) is 189 cm³/mol. The van der Waals surface area contributed by atoms with E-state index in [1.165, 1.54) is 5.56 Å². The molecule has 2 unspecified atom stereocenters. The van der Waals surface area contributed by atoms with Gasteiger partial charge in [-0.15, -0.1) is 0 Å². The number of aromatic nitrogens is 6. The monoisotopic (exact) mass is 706 g/mol. The van der Waals surface area contributed by atoms with Crippen molar-refractivity contribution in [3.05, 3.63) is 52.7 Å². The van der Waals surface area contributed by atoms with E-state index in [9.17, 15) is 0 Å². The van der Waals surface area contributed by atoms with E-state index in [0.717, 1.165) is 60.3 Å². The summed E-state index contributed by atoms with van der Waals surface area (Å²) < 4.78 is 36.2. The molecule has 1 aliphatic carbocycles. The first-order valence-corrected chi connectivity index (χ1v) is 21.0. The summed E-state index contributed by atoms with van der Waals surface area (Å²) in [7, 11) is -0.0719. The third-order valence-corrected chi connectivity index (χ3v) is 16.0. The topological polar surface area (TPSA) is 108 Å². The molecule has 6 atom stereocenters. The second-order valence-electron chi connectivity index (χ2n) is 15.6. The van der Waals surface area contributed by atoms with E-state index in [0.29, 0.717) is 42.8 Å². The zero-order chi connectivity index (χ0) is 34.1. The van der Waals surface area contributed by atoms with Crippen LogP contribution in [0.5, 0.6) is 6.01 Å². The van der Waals surface area contributed by atoms with Gasteiger partial charge in [-0.2, -0.15) is 10.1 Å². The van der Waals surface area contributed by atoms with Crippen molar-refractivity contribution in [3.8, 4) is 17.1 Å². The number of hydrogen-bond acceptors (Lipinski definition) is 9. The van der Waals surface area contributed by atoms with E-state index in [4.69, 9.17) is 49.9 Å². The highest BCUT2D eigenvalue weighted by molar-refractivity contribution is 6.74. The Labute approximate surface area is 293 Å². The number of imidazole rings is 1. The molecular weight excluding hydrogens is 660 g/mol. The van der Waals surface area contributed by atoms with Crippen LogP contribution in [0.3, 0.4) is 0 Å². The van der Waals surface area contributed by atoms with Gasteiger partial charge in [-0.25, -0.2) is 4.98 Å². The van der Waals surface area contributed by atoms with Crippen LogP contribution in [-0.2, 0) is 38.5 Å². The molecule has 3 saturated heterocycles. The van der Waals surface area contributed by atoms with Crippen molar-refractivity contribution in [2.24, 2.45) is 7.05 Å². The van der Waals surface area contributed by atoms with E-state index in [1.807, 2.05) is 41.0 Å². The molecule has 262 valence electrons. The van der Waals surface area contributed by atoms with Crippen LogP contribution in [0.4, 0.5) is 0 Å². The van der Waals surface area contributed by atoms with Gasteiger partial charge in [0.15, 0.2) is 20.1 Å². The van der Waals surface area contributed by atoms with Gasteiger partial charge in [-0.3, -0.25) is 14.2 Å². The molecule has 8 rings (SSSR count). The number of hydrogen-bond donors (Lipinski definition) is 0. The molecule has 0 amide bonds. The fraction of sp³-hybridized carbons (Fsp3) is 0.611. The molecule has 7 heterocycles. The second-order valence-corrected chi connectivity index (χ2v) is 20.8. The Morgan fingerprint density at radius 3 is 2.51 bits per heavy atom. The van der Waals surface area contributed by atoms with Crippen LogP contribution < -0.4 is 4.74 Å². The average Bonchev–Trinajstić information content (AvgIpc) is 3.89. The maximum Gasteiger partial charge on any atom is 0.301 e. The lowest BCUT2D eigenvalue weighted by Gasteiger charge is -2.39. The van der Waals surface area contributed by atoms with E-state index in [1.54, 1.807) is 0 Å². The van der Waals surface area contributed by atoms with Crippen LogP contribution in [0.2, 0.25) is 23.2 Å². The van der Waals surface area contributed by atoms with Crippen molar-refractivity contribution < 1.29 is 23.4 Å². The van der Waals surface area contributed by atoms with Crippen molar-refractivity contribution in [2.45, 2.75) is 114 Å². The molecule has 0 saturated carbocycles. The summed E-state index contributed by atoms with van der Waals surface area (Å²) >= 11 is 6.94. The lowest BCUT2D eigenvalue weighted by atomic mass is 9.99. The number of rotatable bonds is 8. The molecule has 4 aliphatic rings. The Bertz CT molecular complexity index is 1850. The smallest absolute Gasteiger partial charge is 0.301 e. The quantitative estimate of drug-likeness (QED) is 0.183. The predicted octanol–water partition coefficient (Wildman–Crippen LogP) is 6.79. The van der Waals surface area contributed by atoms with Gasteiger partial charge in [0.25, 0.3) is 0 Å². The molecule has 3 fully saturated rings. The van der Waals surface area contributed by atoms with Gasteiger partial charge in [0, 0.05) is 48.8 Å². The van der Waals surface area contributed by atoms with Crippen molar-refractivity contribution in [2.75, 3.05) is 19.8 Å². The largest absolute Gasteiger partial charge is 0.456 e. The second kappa shape index (κ2) is 12.7. The number of pyridine rings is 2. The lowest BCUT2D eigenvalue weighted by molar-refractivity contribution is -0.0406. The number of fused-ring (bicyclic) bond motifs is 3. The van der Waals surface area contributed by atoms with Gasteiger partial charge in [0.2, 0.25) is 0 Å². The van der Waals surface area contributed by atoms with Crippen LogP contribution in [0.15, 0.2) is 30.7 Å². The van der Waals surface area contributed by atoms with Gasteiger partial charge >= 0.3 is 6.01 Å². The molecule has 13 heteroatoms.